The highest BCUT2D eigenvalue weighted by atomic mass is 35.5. The maximum atomic E-state index is 6.35. The molecule has 4 rings (SSSR count). The quantitative estimate of drug-likeness (QED) is 0.398. The normalized spacial score (nSPS) is 13.4. The van der Waals surface area contributed by atoms with Crippen LogP contribution in [0.5, 0.6) is 0 Å². The Kier molecular flexibility index (Phi) is 11.1. The van der Waals surface area contributed by atoms with Crippen molar-refractivity contribution in [2.24, 2.45) is 0 Å². The molecule has 1 saturated heterocycles. The summed E-state index contributed by atoms with van der Waals surface area (Å²) in [6.45, 7) is 18.8. The van der Waals surface area contributed by atoms with Gasteiger partial charge >= 0.3 is 0 Å². The average Bonchev–Trinajstić information content (AvgIpc) is 2.84. The van der Waals surface area contributed by atoms with Crippen LogP contribution in [0, 0.1) is 0 Å². The first-order valence-electron chi connectivity index (χ1n) is 12.0. The van der Waals surface area contributed by atoms with Crippen molar-refractivity contribution >= 4 is 34.3 Å². The second-order valence-electron chi connectivity index (χ2n) is 8.62. The number of pyridine rings is 1. The van der Waals surface area contributed by atoms with E-state index in [0.29, 0.717) is 10.7 Å². The summed E-state index contributed by atoms with van der Waals surface area (Å²) in [6, 6.07) is 15.4. The molecule has 0 bridgehead atoms. The lowest BCUT2D eigenvalue weighted by molar-refractivity contribution is 0.187. The Bertz CT molecular complexity index is 1080. The summed E-state index contributed by atoms with van der Waals surface area (Å²) in [5, 5.41) is 1.62. The third-order valence-corrected chi connectivity index (χ3v) is 6.06. The van der Waals surface area contributed by atoms with Crippen molar-refractivity contribution in [1.82, 2.24) is 14.8 Å². The van der Waals surface area contributed by atoms with E-state index < -0.39 is 0 Å². The molecule has 1 aliphatic rings. The third kappa shape index (κ3) is 8.19. The Morgan fingerprint density at radius 2 is 1.74 bits per heavy atom. The highest BCUT2D eigenvalue weighted by Crippen LogP contribution is 2.29. The van der Waals surface area contributed by atoms with E-state index in [-0.39, 0.29) is 0 Å². The van der Waals surface area contributed by atoms with Crippen LogP contribution < -0.4 is 5.73 Å². The number of hydrogen-bond acceptors (Lipinski definition) is 4. The van der Waals surface area contributed by atoms with Gasteiger partial charge in [-0.3, -0.25) is 0 Å². The van der Waals surface area contributed by atoms with Gasteiger partial charge in [-0.15, -0.1) is 0 Å². The van der Waals surface area contributed by atoms with Gasteiger partial charge in [0.1, 0.15) is 0 Å². The van der Waals surface area contributed by atoms with Crippen LogP contribution in [0.2, 0.25) is 5.02 Å². The molecule has 182 valence electrons. The number of unbranched alkanes of at least 4 members (excludes halogenated alkanes) is 1. The SMILES string of the molecule is C=C(C)N1CCN(C)CC1.C=Cc1ccc2c(Cl)cc(-c3cccc(N)c3)nc2c1.CCCC. The maximum absolute atomic E-state index is 6.35. The largest absolute Gasteiger partial charge is 0.399 e. The minimum atomic E-state index is 0.683. The van der Waals surface area contributed by atoms with Crippen LogP contribution in [0.3, 0.4) is 0 Å². The van der Waals surface area contributed by atoms with Crippen LogP contribution in [-0.4, -0.2) is 48.0 Å². The fourth-order valence-electron chi connectivity index (χ4n) is 3.36. The Balaban J connectivity index is 0.000000244. The summed E-state index contributed by atoms with van der Waals surface area (Å²) >= 11 is 6.35. The summed E-state index contributed by atoms with van der Waals surface area (Å²) in [4.78, 5) is 9.35. The molecule has 4 nitrogen and oxygen atoms in total. The van der Waals surface area contributed by atoms with E-state index in [2.05, 4.69) is 55.8 Å². The van der Waals surface area contributed by atoms with Crippen molar-refractivity contribution in [1.29, 1.82) is 0 Å². The molecule has 2 aromatic carbocycles. The van der Waals surface area contributed by atoms with Crippen LogP contribution in [0.4, 0.5) is 5.69 Å². The van der Waals surface area contributed by atoms with Crippen LogP contribution >= 0.6 is 11.6 Å². The Labute approximate surface area is 210 Å². The first-order valence-corrected chi connectivity index (χ1v) is 12.3. The number of nitrogens with two attached hydrogens (primary N) is 1. The third-order valence-electron chi connectivity index (χ3n) is 5.74. The van der Waals surface area contributed by atoms with Crippen molar-refractivity contribution in [2.75, 3.05) is 39.0 Å². The molecule has 2 heterocycles. The first kappa shape index (κ1) is 27.4. The van der Waals surface area contributed by atoms with Gasteiger partial charge < -0.3 is 15.5 Å². The number of anilines is 1. The molecule has 0 spiro atoms. The molecule has 0 radical (unpaired) electrons. The van der Waals surface area contributed by atoms with E-state index in [4.69, 9.17) is 17.3 Å². The fraction of sp³-hybridized carbons (Fsp3) is 0.345. The highest BCUT2D eigenvalue weighted by molar-refractivity contribution is 6.35. The standard InChI is InChI=1S/C17H13ClN2.C8H16N2.C4H10/c1-2-11-6-7-14-15(18)10-16(20-17(14)8-11)12-4-3-5-13(19)9-12;1-8(2)10-6-4-9(3)5-7-10;1-3-4-2/h2-10H,1,19H2;1,4-7H2,2-3H3;3-4H2,1-2H3. The second kappa shape index (κ2) is 13.8. The molecule has 2 N–H and O–H groups in total. The Hall–Kier alpha value is -2.82. The van der Waals surface area contributed by atoms with Gasteiger partial charge in [0.2, 0.25) is 0 Å². The number of nitrogens with zero attached hydrogens (tertiary/aromatic N) is 3. The van der Waals surface area contributed by atoms with E-state index in [1.807, 2.05) is 48.5 Å². The van der Waals surface area contributed by atoms with E-state index >= 15 is 0 Å². The summed E-state index contributed by atoms with van der Waals surface area (Å²) in [5.74, 6) is 0. The number of nitrogen functional groups attached to an aromatic ring is 1. The number of hydrogen-bond donors (Lipinski definition) is 1. The number of likely N-dealkylation sites (N-methyl/N-ethyl adjacent to an activating group) is 1. The summed E-state index contributed by atoms with van der Waals surface area (Å²) in [5.41, 5.74) is 11.4. The zero-order valence-corrected chi connectivity index (χ0v) is 21.9. The van der Waals surface area contributed by atoms with Crippen molar-refractivity contribution in [2.45, 2.75) is 33.6 Å². The monoisotopic (exact) mass is 478 g/mol. The minimum Gasteiger partial charge on any atom is -0.399 e. The molecule has 0 saturated carbocycles. The number of aromatic nitrogens is 1. The van der Waals surface area contributed by atoms with Crippen molar-refractivity contribution in [3.8, 4) is 11.3 Å². The summed E-state index contributed by atoms with van der Waals surface area (Å²) < 4.78 is 0. The van der Waals surface area contributed by atoms with Crippen molar-refractivity contribution in [3.63, 3.8) is 0 Å². The first-order chi connectivity index (χ1) is 16.3. The number of piperazine rings is 1. The predicted octanol–water partition coefficient (Wildman–Crippen LogP) is 7.35. The van der Waals surface area contributed by atoms with Gasteiger partial charge in [0, 0.05) is 48.5 Å². The van der Waals surface area contributed by atoms with E-state index in [0.717, 1.165) is 40.8 Å². The summed E-state index contributed by atoms with van der Waals surface area (Å²) in [7, 11) is 2.16. The Morgan fingerprint density at radius 3 is 2.29 bits per heavy atom. The minimum absolute atomic E-state index is 0.683. The van der Waals surface area contributed by atoms with Crippen LogP contribution in [0.15, 0.2) is 67.4 Å². The molecule has 0 unspecified atom stereocenters. The zero-order chi connectivity index (χ0) is 25.1. The topological polar surface area (TPSA) is 45.4 Å². The number of fused-ring (bicyclic) bond motifs is 1. The van der Waals surface area contributed by atoms with Crippen LogP contribution in [-0.2, 0) is 0 Å². The molecule has 5 heteroatoms. The average molecular weight is 479 g/mol. The molecule has 1 aliphatic heterocycles. The second-order valence-corrected chi connectivity index (χ2v) is 9.03. The van der Waals surface area contributed by atoms with Gasteiger partial charge in [0.05, 0.1) is 16.2 Å². The molecular weight excluding hydrogens is 440 g/mol. The molecular formula is C29H39ClN4. The number of rotatable bonds is 4. The molecule has 34 heavy (non-hydrogen) atoms. The van der Waals surface area contributed by atoms with Gasteiger partial charge in [-0.25, -0.2) is 4.98 Å². The lowest BCUT2D eigenvalue weighted by atomic mass is 10.1. The maximum Gasteiger partial charge on any atom is 0.0730 e. The van der Waals surface area contributed by atoms with E-state index in [9.17, 15) is 0 Å². The smallest absolute Gasteiger partial charge is 0.0730 e. The molecule has 3 aromatic rings. The molecule has 1 fully saturated rings. The van der Waals surface area contributed by atoms with E-state index in [1.54, 1.807) is 6.08 Å². The zero-order valence-electron chi connectivity index (χ0n) is 21.1. The van der Waals surface area contributed by atoms with Gasteiger partial charge in [-0.1, -0.05) is 81.8 Å². The molecule has 0 amide bonds. The van der Waals surface area contributed by atoms with Crippen LogP contribution in [0.1, 0.15) is 39.2 Å². The highest BCUT2D eigenvalue weighted by Gasteiger charge is 2.11. The van der Waals surface area contributed by atoms with Crippen molar-refractivity contribution < 1.29 is 0 Å². The van der Waals surface area contributed by atoms with Gasteiger partial charge in [-0.05, 0) is 43.8 Å². The predicted molar refractivity (Wildman–Crippen MR) is 151 cm³/mol. The lowest BCUT2D eigenvalue weighted by Gasteiger charge is -2.33. The number of allylic oxidation sites excluding steroid dienone is 1. The van der Waals surface area contributed by atoms with Gasteiger partial charge in [0.15, 0.2) is 0 Å². The molecule has 1 aromatic heterocycles. The van der Waals surface area contributed by atoms with E-state index in [1.165, 1.54) is 31.6 Å². The lowest BCUT2D eigenvalue weighted by Crippen LogP contribution is -2.43. The Morgan fingerprint density at radius 1 is 1.06 bits per heavy atom. The summed E-state index contributed by atoms with van der Waals surface area (Å²) in [6.07, 6.45) is 4.43. The number of halogens is 1. The van der Waals surface area contributed by atoms with Gasteiger partial charge in [0.25, 0.3) is 0 Å². The van der Waals surface area contributed by atoms with Crippen molar-refractivity contribution in [3.05, 3.63) is 78.0 Å². The molecule has 0 atom stereocenters. The molecule has 0 aliphatic carbocycles. The fourth-order valence-corrected chi connectivity index (χ4v) is 3.63. The van der Waals surface area contributed by atoms with Crippen LogP contribution in [0.25, 0.3) is 28.2 Å². The number of benzene rings is 2. The van der Waals surface area contributed by atoms with Gasteiger partial charge in [-0.2, -0.15) is 0 Å².